The summed E-state index contributed by atoms with van der Waals surface area (Å²) in [5.74, 6) is 0.962. The lowest BCUT2D eigenvalue weighted by Crippen LogP contribution is -2.45. The van der Waals surface area contributed by atoms with Gasteiger partial charge in [-0.2, -0.15) is 0 Å². The molecule has 1 heterocycles. The van der Waals surface area contributed by atoms with Gasteiger partial charge in [0.15, 0.2) is 0 Å². The number of benzene rings is 1. The summed E-state index contributed by atoms with van der Waals surface area (Å²) in [6, 6.07) is 8.88. The van der Waals surface area contributed by atoms with E-state index in [0.29, 0.717) is 12.6 Å². The van der Waals surface area contributed by atoms with Crippen LogP contribution in [0.25, 0.3) is 0 Å². The fourth-order valence-corrected chi connectivity index (χ4v) is 2.63. The second kappa shape index (κ2) is 7.31. The largest absolute Gasteiger partial charge is 0.494 e. The summed E-state index contributed by atoms with van der Waals surface area (Å²) in [5.41, 5.74) is 1.33. The average Bonchev–Trinajstić information content (AvgIpc) is 2.46. The van der Waals surface area contributed by atoms with Crippen LogP contribution in [0.15, 0.2) is 36.9 Å². The molecule has 0 aliphatic carbocycles. The molecule has 0 unspecified atom stereocenters. The SMILES string of the molecule is C=CC[C@@H](c1cccc(OCC)c1)N1CCNCC1. The molecule has 104 valence electrons. The molecule has 1 atom stereocenters. The molecule has 1 saturated heterocycles. The molecule has 2 rings (SSSR count). The summed E-state index contributed by atoms with van der Waals surface area (Å²) in [6.45, 7) is 11.0. The Bertz CT molecular complexity index is 399. The lowest BCUT2D eigenvalue weighted by molar-refractivity contribution is 0.174. The summed E-state index contributed by atoms with van der Waals surface area (Å²) in [5, 5.41) is 3.40. The topological polar surface area (TPSA) is 24.5 Å². The van der Waals surface area contributed by atoms with Crippen LogP contribution in [-0.2, 0) is 0 Å². The minimum Gasteiger partial charge on any atom is -0.494 e. The van der Waals surface area contributed by atoms with Gasteiger partial charge in [0, 0.05) is 32.2 Å². The van der Waals surface area contributed by atoms with Gasteiger partial charge in [-0.1, -0.05) is 18.2 Å². The number of hydrogen-bond donors (Lipinski definition) is 1. The van der Waals surface area contributed by atoms with E-state index in [0.717, 1.165) is 38.3 Å². The van der Waals surface area contributed by atoms with Crippen LogP contribution in [0.4, 0.5) is 0 Å². The van der Waals surface area contributed by atoms with E-state index in [2.05, 4.69) is 35.0 Å². The van der Waals surface area contributed by atoms with Crippen molar-refractivity contribution in [2.45, 2.75) is 19.4 Å². The Morgan fingerprint density at radius 1 is 1.42 bits per heavy atom. The van der Waals surface area contributed by atoms with E-state index in [9.17, 15) is 0 Å². The van der Waals surface area contributed by atoms with Crippen LogP contribution < -0.4 is 10.1 Å². The molecule has 19 heavy (non-hydrogen) atoms. The maximum Gasteiger partial charge on any atom is 0.119 e. The monoisotopic (exact) mass is 260 g/mol. The minimum atomic E-state index is 0.417. The number of rotatable bonds is 6. The lowest BCUT2D eigenvalue weighted by atomic mass is 10.0. The number of nitrogens with zero attached hydrogens (tertiary/aromatic N) is 1. The molecule has 0 radical (unpaired) electrons. The normalized spacial score (nSPS) is 17.9. The summed E-state index contributed by atoms with van der Waals surface area (Å²) in [7, 11) is 0. The van der Waals surface area contributed by atoms with Crippen molar-refractivity contribution >= 4 is 0 Å². The van der Waals surface area contributed by atoms with Gasteiger partial charge in [-0.3, -0.25) is 4.90 Å². The van der Waals surface area contributed by atoms with Crippen molar-refractivity contribution in [3.05, 3.63) is 42.5 Å². The number of ether oxygens (including phenoxy) is 1. The molecule has 0 spiro atoms. The lowest BCUT2D eigenvalue weighted by Gasteiger charge is -2.35. The van der Waals surface area contributed by atoms with E-state index >= 15 is 0 Å². The molecule has 0 saturated carbocycles. The Labute approximate surface area is 116 Å². The van der Waals surface area contributed by atoms with Crippen molar-refractivity contribution in [1.82, 2.24) is 10.2 Å². The van der Waals surface area contributed by atoms with Gasteiger partial charge in [-0.25, -0.2) is 0 Å². The van der Waals surface area contributed by atoms with E-state index < -0.39 is 0 Å². The van der Waals surface area contributed by atoms with Crippen molar-refractivity contribution < 1.29 is 4.74 Å². The van der Waals surface area contributed by atoms with E-state index in [-0.39, 0.29) is 0 Å². The van der Waals surface area contributed by atoms with Crippen LogP contribution in [0, 0.1) is 0 Å². The highest BCUT2D eigenvalue weighted by Crippen LogP contribution is 2.27. The van der Waals surface area contributed by atoms with Crippen molar-refractivity contribution in [2.24, 2.45) is 0 Å². The highest BCUT2D eigenvalue weighted by molar-refractivity contribution is 5.31. The molecule has 3 heteroatoms. The molecule has 3 nitrogen and oxygen atoms in total. The van der Waals surface area contributed by atoms with E-state index in [1.165, 1.54) is 5.56 Å². The average molecular weight is 260 g/mol. The fraction of sp³-hybridized carbons (Fsp3) is 0.500. The van der Waals surface area contributed by atoms with Crippen LogP contribution in [-0.4, -0.2) is 37.7 Å². The van der Waals surface area contributed by atoms with Crippen LogP contribution in [0.1, 0.15) is 24.9 Å². The molecular formula is C16H24N2O. The number of hydrogen-bond acceptors (Lipinski definition) is 3. The molecule has 0 amide bonds. The zero-order valence-corrected chi connectivity index (χ0v) is 11.8. The first-order chi connectivity index (χ1) is 9.35. The highest BCUT2D eigenvalue weighted by atomic mass is 16.5. The third-order valence-corrected chi connectivity index (χ3v) is 3.54. The van der Waals surface area contributed by atoms with Gasteiger partial charge in [0.05, 0.1) is 6.61 Å². The van der Waals surface area contributed by atoms with Crippen LogP contribution >= 0.6 is 0 Å². The third kappa shape index (κ3) is 3.82. The second-order valence-electron chi connectivity index (χ2n) is 4.83. The summed E-state index contributed by atoms with van der Waals surface area (Å²) >= 11 is 0. The van der Waals surface area contributed by atoms with Gasteiger partial charge >= 0.3 is 0 Å². The Kier molecular flexibility index (Phi) is 5.43. The third-order valence-electron chi connectivity index (χ3n) is 3.54. The van der Waals surface area contributed by atoms with Gasteiger partial charge in [0.2, 0.25) is 0 Å². The molecule has 0 aromatic heterocycles. The smallest absolute Gasteiger partial charge is 0.119 e. The molecule has 1 N–H and O–H groups in total. The van der Waals surface area contributed by atoms with Crippen molar-refractivity contribution in [3.63, 3.8) is 0 Å². The first-order valence-corrected chi connectivity index (χ1v) is 7.13. The number of piperazine rings is 1. The molecule has 1 aromatic rings. The standard InChI is InChI=1S/C16H24N2O/c1-3-6-16(18-11-9-17-10-12-18)14-7-5-8-15(13-14)19-4-2/h3,5,7-8,13,16-17H,1,4,6,9-12H2,2H3/t16-/m0/s1. The van der Waals surface area contributed by atoms with Crippen molar-refractivity contribution in [3.8, 4) is 5.75 Å². The highest BCUT2D eigenvalue weighted by Gasteiger charge is 2.21. The van der Waals surface area contributed by atoms with E-state index in [1.807, 2.05) is 19.1 Å². The van der Waals surface area contributed by atoms with Crippen LogP contribution in [0.5, 0.6) is 5.75 Å². The van der Waals surface area contributed by atoms with Gasteiger partial charge in [-0.15, -0.1) is 6.58 Å². The molecule has 0 bridgehead atoms. The Balaban J connectivity index is 2.16. The van der Waals surface area contributed by atoms with Crippen LogP contribution in [0.2, 0.25) is 0 Å². The summed E-state index contributed by atoms with van der Waals surface area (Å²) in [6.07, 6.45) is 3.00. The fourth-order valence-electron chi connectivity index (χ4n) is 2.63. The van der Waals surface area contributed by atoms with Crippen molar-refractivity contribution in [2.75, 3.05) is 32.8 Å². The summed E-state index contributed by atoms with van der Waals surface area (Å²) < 4.78 is 5.61. The van der Waals surface area contributed by atoms with Crippen molar-refractivity contribution in [1.29, 1.82) is 0 Å². The predicted molar refractivity (Wildman–Crippen MR) is 79.6 cm³/mol. The maximum absolute atomic E-state index is 5.61. The van der Waals surface area contributed by atoms with Gasteiger partial charge in [-0.05, 0) is 31.0 Å². The van der Waals surface area contributed by atoms with Gasteiger partial charge in [0.25, 0.3) is 0 Å². The van der Waals surface area contributed by atoms with Crippen LogP contribution in [0.3, 0.4) is 0 Å². The first-order valence-electron chi connectivity index (χ1n) is 7.13. The number of nitrogens with one attached hydrogen (secondary N) is 1. The van der Waals surface area contributed by atoms with E-state index in [1.54, 1.807) is 0 Å². The first kappa shape index (κ1) is 14.1. The summed E-state index contributed by atoms with van der Waals surface area (Å²) in [4.78, 5) is 2.53. The quantitative estimate of drug-likeness (QED) is 0.796. The maximum atomic E-state index is 5.61. The second-order valence-corrected chi connectivity index (χ2v) is 4.83. The minimum absolute atomic E-state index is 0.417. The van der Waals surface area contributed by atoms with Gasteiger partial charge in [0.1, 0.15) is 5.75 Å². The Morgan fingerprint density at radius 3 is 2.89 bits per heavy atom. The van der Waals surface area contributed by atoms with Gasteiger partial charge < -0.3 is 10.1 Å². The Morgan fingerprint density at radius 2 is 2.21 bits per heavy atom. The molecule has 1 fully saturated rings. The van der Waals surface area contributed by atoms with E-state index in [4.69, 9.17) is 4.74 Å². The molecule has 1 aliphatic heterocycles. The zero-order chi connectivity index (χ0) is 13.5. The molecule has 1 aliphatic rings. The zero-order valence-electron chi connectivity index (χ0n) is 11.8. The molecular weight excluding hydrogens is 236 g/mol. The predicted octanol–water partition coefficient (Wildman–Crippen LogP) is 2.61. The molecule has 1 aromatic carbocycles. The Hall–Kier alpha value is -1.32.